The standard InChI is InChI=1S/C23H19ClFN3OS/c24-19-12-10-18(11-13-19)22-26-27-23(28(22)16-17-6-2-1-3-7-17)30-15-14-29-21-9-5-4-8-20(21)25/h1-13H,14-16H2. The predicted octanol–water partition coefficient (Wildman–Crippen LogP) is 5.96. The van der Waals surface area contributed by atoms with Crippen molar-refractivity contribution >= 4 is 23.4 Å². The molecule has 0 aliphatic heterocycles. The van der Waals surface area contributed by atoms with Crippen molar-refractivity contribution in [2.75, 3.05) is 12.4 Å². The van der Waals surface area contributed by atoms with Crippen LogP contribution in [0.1, 0.15) is 5.56 Å². The maximum Gasteiger partial charge on any atom is 0.191 e. The fraction of sp³-hybridized carbons (Fsp3) is 0.130. The number of hydrogen-bond donors (Lipinski definition) is 0. The maximum atomic E-state index is 13.7. The number of thioether (sulfide) groups is 1. The first-order valence-corrected chi connectivity index (χ1v) is 10.8. The van der Waals surface area contributed by atoms with Gasteiger partial charge in [-0.1, -0.05) is 65.8 Å². The van der Waals surface area contributed by atoms with Crippen molar-refractivity contribution in [3.63, 3.8) is 0 Å². The van der Waals surface area contributed by atoms with Gasteiger partial charge in [0.1, 0.15) is 0 Å². The van der Waals surface area contributed by atoms with Gasteiger partial charge in [0, 0.05) is 16.3 Å². The molecule has 0 radical (unpaired) electrons. The molecule has 3 aromatic carbocycles. The molecule has 30 heavy (non-hydrogen) atoms. The molecule has 0 saturated carbocycles. The molecule has 0 bridgehead atoms. The third-order valence-electron chi connectivity index (χ3n) is 4.41. The largest absolute Gasteiger partial charge is 0.490 e. The van der Waals surface area contributed by atoms with Crippen LogP contribution in [-0.2, 0) is 6.54 Å². The summed E-state index contributed by atoms with van der Waals surface area (Å²) in [6.07, 6.45) is 0. The minimum Gasteiger partial charge on any atom is -0.490 e. The molecule has 0 unspecified atom stereocenters. The Morgan fingerprint density at radius 1 is 0.900 bits per heavy atom. The summed E-state index contributed by atoms with van der Waals surface area (Å²) in [4.78, 5) is 0. The number of hydrogen-bond acceptors (Lipinski definition) is 4. The first-order chi connectivity index (χ1) is 14.7. The van der Waals surface area contributed by atoms with Crippen LogP contribution in [0.5, 0.6) is 5.75 Å². The van der Waals surface area contributed by atoms with Crippen LogP contribution in [0.2, 0.25) is 5.02 Å². The molecular weight excluding hydrogens is 421 g/mol. The SMILES string of the molecule is Fc1ccccc1OCCSc1nnc(-c2ccc(Cl)cc2)n1Cc1ccccc1. The smallest absolute Gasteiger partial charge is 0.191 e. The summed E-state index contributed by atoms with van der Waals surface area (Å²) in [5.41, 5.74) is 2.09. The zero-order valence-electron chi connectivity index (χ0n) is 16.0. The Balaban J connectivity index is 1.51. The van der Waals surface area contributed by atoms with Crippen LogP contribution in [0.15, 0.2) is 84.0 Å². The second-order valence-corrected chi connectivity index (χ2v) is 8.01. The van der Waals surface area contributed by atoms with Crippen LogP contribution in [0.3, 0.4) is 0 Å². The lowest BCUT2D eigenvalue weighted by atomic mass is 10.2. The lowest BCUT2D eigenvalue weighted by Gasteiger charge is -2.11. The number of nitrogens with zero attached hydrogens (tertiary/aromatic N) is 3. The molecule has 0 N–H and O–H groups in total. The van der Waals surface area contributed by atoms with E-state index in [-0.39, 0.29) is 11.6 Å². The normalized spacial score (nSPS) is 10.9. The van der Waals surface area contributed by atoms with Crippen molar-refractivity contribution < 1.29 is 9.13 Å². The summed E-state index contributed by atoms with van der Waals surface area (Å²) in [6, 6.07) is 24.1. The summed E-state index contributed by atoms with van der Waals surface area (Å²) < 4.78 is 21.3. The highest BCUT2D eigenvalue weighted by Gasteiger charge is 2.15. The lowest BCUT2D eigenvalue weighted by Crippen LogP contribution is -2.06. The highest BCUT2D eigenvalue weighted by Crippen LogP contribution is 2.26. The molecule has 4 nitrogen and oxygen atoms in total. The van der Waals surface area contributed by atoms with Gasteiger partial charge in [-0.2, -0.15) is 0 Å². The Morgan fingerprint density at radius 3 is 2.40 bits per heavy atom. The number of rotatable bonds is 8. The number of benzene rings is 3. The van der Waals surface area contributed by atoms with Gasteiger partial charge in [0.15, 0.2) is 22.5 Å². The summed E-state index contributed by atoms with van der Waals surface area (Å²) in [6.45, 7) is 1.00. The highest BCUT2D eigenvalue weighted by molar-refractivity contribution is 7.99. The van der Waals surface area contributed by atoms with Crippen LogP contribution in [-0.4, -0.2) is 27.1 Å². The number of para-hydroxylation sites is 1. The van der Waals surface area contributed by atoms with Crippen molar-refractivity contribution in [3.05, 3.63) is 95.3 Å². The zero-order valence-corrected chi connectivity index (χ0v) is 17.6. The summed E-state index contributed by atoms with van der Waals surface area (Å²) in [5.74, 6) is 1.28. The molecule has 0 atom stereocenters. The molecule has 0 aliphatic carbocycles. The topological polar surface area (TPSA) is 39.9 Å². The second kappa shape index (κ2) is 9.78. The minimum absolute atomic E-state index is 0.255. The fourth-order valence-electron chi connectivity index (χ4n) is 2.96. The molecule has 152 valence electrons. The average Bonchev–Trinajstić information content (AvgIpc) is 3.16. The summed E-state index contributed by atoms with van der Waals surface area (Å²) in [5, 5.41) is 10.3. The Kier molecular flexibility index (Phi) is 6.67. The molecule has 7 heteroatoms. The molecule has 1 heterocycles. The molecular formula is C23H19ClFN3OS. The van der Waals surface area contributed by atoms with Crippen molar-refractivity contribution in [2.24, 2.45) is 0 Å². The van der Waals surface area contributed by atoms with E-state index in [4.69, 9.17) is 16.3 Å². The van der Waals surface area contributed by atoms with Gasteiger partial charge >= 0.3 is 0 Å². The van der Waals surface area contributed by atoms with Gasteiger partial charge in [-0.05, 0) is 42.0 Å². The summed E-state index contributed by atoms with van der Waals surface area (Å²) >= 11 is 7.56. The first-order valence-electron chi connectivity index (χ1n) is 9.44. The van der Waals surface area contributed by atoms with Crippen LogP contribution >= 0.6 is 23.4 Å². The van der Waals surface area contributed by atoms with Gasteiger partial charge in [-0.15, -0.1) is 10.2 Å². The van der Waals surface area contributed by atoms with E-state index in [0.29, 0.717) is 23.9 Å². The van der Waals surface area contributed by atoms with E-state index in [1.807, 2.05) is 42.5 Å². The lowest BCUT2D eigenvalue weighted by molar-refractivity contribution is 0.325. The van der Waals surface area contributed by atoms with Gasteiger partial charge in [-0.25, -0.2) is 4.39 Å². The Bertz CT molecular complexity index is 1100. The summed E-state index contributed by atoms with van der Waals surface area (Å²) in [7, 11) is 0. The van der Waals surface area contributed by atoms with Gasteiger partial charge in [0.25, 0.3) is 0 Å². The van der Waals surface area contributed by atoms with E-state index in [1.165, 1.54) is 17.8 Å². The van der Waals surface area contributed by atoms with E-state index >= 15 is 0 Å². The zero-order chi connectivity index (χ0) is 20.8. The number of ether oxygens (including phenoxy) is 1. The predicted molar refractivity (Wildman–Crippen MR) is 119 cm³/mol. The second-order valence-electron chi connectivity index (χ2n) is 6.51. The molecule has 1 aromatic heterocycles. The molecule has 0 fully saturated rings. The average molecular weight is 440 g/mol. The fourth-order valence-corrected chi connectivity index (χ4v) is 3.84. The first kappa shape index (κ1) is 20.4. The molecule has 4 aromatic rings. The van der Waals surface area contributed by atoms with Crippen LogP contribution in [0.25, 0.3) is 11.4 Å². The molecule has 0 aliphatic rings. The van der Waals surface area contributed by atoms with Gasteiger partial charge in [-0.3, -0.25) is 4.57 Å². The van der Waals surface area contributed by atoms with E-state index in [9.17, 15) is 4.39 Å². The number of aromatic nitrogens is 3. The third-order valence-corrected chi connectivity index (χ3v) is 5.59. The Morgan fingerprint density at radius 2 is 1.63 bits per heavy atom. The van der Waals surface area contributed by atoms with Crippen LogP contribution in [0.4, 0.5) is 4.39 Å². The van der Waals surface area contributed by atoms with Crippen LogP contribution < -0.4 is 4.74 Å². The van der Waals surface area contributed by atoms with E-state index in [1.54, 1.807) is 18.2 Å². The van der Waals surface area contributed by atoms with E-state index in [0.717, 1.165) is 22.1 Å². The maximum absolute atomic E-state index is 13.7. The van der Waals surface area contributed by atoms with Gasteiger partial charge < -0.3 is 4.74 Å². The van der Waals surface area contributed by atoms with E-state index < -0.39 is 0 Å². The Hall–Kier alpha value is -2.83. The van der Waals surface area contributed by atoms with Crippen molar-refractivity contribution in [3.8, 4) is 17.1 Å². The van der Waals surface area contributed by atoms with Crippen molar-refractivity contribution in [2.45, 2.75) is 11.7 Å². The molecule has 4 rings (SSSR count). The number of halogens is 2. The molecule has 0 amide bonds. The quantitative estimate of drug-likeness (QED) is 0.251. The van der Waals surface area contributed by atoms with Gasteiger partial charge in [0.2, 0.25) is 0 Å². The molecule has 0 saturated heterocycles. The minimum atomic E-state index is -0.361. The monoisotopic (exact) mass is 439 g/mol. The van der Waals surface area contributed by atoms with Gasteiger partial charge in [0.05, 0.1) is 13.2 Å². The van der Waals surface area contributed by atoms with Crippen molar-refractivity contribution in [1.82, 2.24) is 14.8 Å². The highest BCUT2D eigenvalue weighted by atomic mass is 35.5. The third kappa shape index (κ3) is 5.01. The van der Waals surface area contributed by atoms with Crippen LogP contribution in [0, 0.1) is 5.82 Å². The van der Waals surface area contributed by atoms with Crippen molar-refractivity contribution in [1.29, 1.82) is 0 Å². The molecule has 0 spiro atoms. The van der Waals surface area contributed by atoms with E-state index in [2.05, 4.69) is 26.9 Å². The Labute approximate surface area is 183 Å².